The monoisotopic (exact) mass is 588 g/mol. The quantitative estimate of drug-likeness (QED) is 0.139. The standard InChI is InChI=1S/C29H33F5O5S/c30-28(31,29(32,33)34)16-8-18-40(38)17-7-5-3-1-2-4-6-9-23-26(37)24-19-22(36)14-15-25(24)39-27(23)20-10-12-21(35)13-11-20/h10-15,19,35-36H,1-9,16-18H2. The molecular formula is C29H33F5O5S. The highest BCUT2D eigenvalue weighted by atomic mass is 32.2. The first-order chi connectivity index (χ1) is 18.9. The Morgan fingerprint density at radius 3 is 1.98 bits per heavy atom. The van der Waals surface area contributed by atoms with E-state index in [-0.39, 0.29) is 28.4 Å². The Labute approximate surface area is 231 Å². The maximum atomic E-state index is 13.3. The fourth-order valence-electron chi connectivity index (χ4n) is 4.44. The highest BCUT2D eigenvalue weighted by Gasteiger charge is 2.56. The van der Waals surface area contributed by atoms with E-state index >= 15 is 0 Å². The second-order valence-electron chi connectivity index (χ2n) is 9.84. The molecule has 1 unspecified atom stereocenters. The van der Waals surface area contributed by atoms with Crippen molar-refractivity contribution in [3.05, 3.63) is 58.3 Å². The van der Waals surface area contributed by atoms with Crippen LogP contribution in [0.25, 0.3) is 22.3 Å². The van der Waals surface area contributed by atoms with E-state index in [0.29, 0.717) is 40.7 Å². The maximum absolute atomic E-state index is 13.3. The third-order valence-electron chi connectivity index (χ3n) is 6.67. The number of rotatable bonds is 15. The molecule has 3 aromatic rings. The van der Waals surface area contributed by atoms with E-state index in [2.05, 4.69) is 0 Å². The molecule has 0 spiro atoms. The zero-order valence-corrected chi connectivity index (χ0v) is 22.8. The van der Waals surface area contributed by atoms with Crippen molar-refractivity contribution in [2.24, 2.45) is 0 Å². The Morgan fingerprint density at radius 2 is 1.32 bits per heavy atom. The second kappa shape index (κ2) is 14.1. The molecular weight excluding hydrogens is 555 g/mol. The van der Waals surface area contributed by atoms with Gasteiger partial charge in [0, 0.05) is 39.9 Å². The van der Waals surface area contributed by atoms with Gasteiger partial charge in [0.15, 0.2) is 5.43 Å². The molecule has 0 bridgehead atoms. The Morgan fingerprint density at radius 1 is 0.750 bits per heavy atom. The fraction of sp³-hybridized carbons (Fsp3) is 0.483. The topological polar surface area (TPSA) is 87.7 Å². The minimum Gasteiger partial charge on any atom is -0.508 e. The first-order valence-corrected chi connectivity index (χ1v) is 14.8. The van der Waals surface area contributed by atoms with Gasteiger partial charge in [-0.25, -0.2) is 0 Å². The zero-order valence-electron chi connectivity index (χ0n) is 21.9. The van der Waals surface area contributed by atoms with Crippen LogP contribution in [0.1, 0.15) is 63.4 Å². The SMILES string of the molecule is O=c1c(CCCCCCCCCS(=O)CCCC(F)(F)C(F)(F)F)c(-c2ccc(O)cc2)oc2ccc(O)cc12. The lowest BCUT2D eigenvalue weighted by atomic mass is 9.99. The third kappa shape index (κ3) is 8.78. The Bertz CT molecular complexity index is 1340. The first kappa shape index (κ1) is 31.6. The van der Waals surface area contributed by atoms with Crippen molar-refractivity contribution in [3.8, 4) is 22.8 Å². The molecule has 2 N–H and O–H groups in total. The van der Waals surface area contributed by atoms with Crippen molar-refractivity contribution < 1.29 is 40.8 Å². The summed E-state index contributed by atoms with van der Waals surface area (Å²) in [4.78, 5) is 13.3. The van der Waals surface area contributed by atoms with Crippen molar-refractivity contribution in [1.82, 2.24) is 0 Å². The van der Waals surface area contributed by atoms with E-state index in [1.165, 1.54) is 24.3 Å². The van der Waals surface area contributed by atoms with Crippen LogP contribution in [-0.2, 0) is 17.2 Å². The van der Waals surface area contributed by atoms with Crippen LogP contribution in [0, 0.1) is 0 Å². The normalized spacial score (nSPS) is 13.1. The number of fused-ring (bicyclic) bond motifs is 1. The highest BCUT2D eigenvalue weighted by molar-refractivity contribution is 7.84. The summed E-state index contributed by atoms with van der Waals surface area (Å²) in [6, 6.07) is 10.8. The minimum absolute atomic E-state index is 0.0324. The molecule has 11 heteroatoms. The molecule has 3 rings (SSSR count). The van der Waals surface area contributed by atoms with Gasteiger partial charge in [0.05, 0.1) is 5.39 Å². The molecule has 0 aliphatic rings. The van der Waals surface area contributed by atoms with Gasteiger partial charge in [0.25, 0.3) is 0 Å². The zero-order chi connectivity index (χ0) is 29.3. The van der Waals surface area contributed by atoms with Crippen LogP contribution in [0.2, 0.25) is 0 Å². The summed E-state index contributed by atoms with van der Waals surface area (Å²) in [5.74, 6) is -4.14. The highest BCUT2D eigenvalue weighted by Crippen LogP contribution is 2.38. The van der Waals surface area contributed by atoms with Crippen molar-refractivity contribution in [3.63, 3.8) is 0 Å². The molecule has 40 heavy (non-hydrogen) atoms. The Balaban J connectivity index is 1.42. The Kier molecular flexibility index (Phi) is 11.1. The van der Waals surface area contributed by atoms with Crippen LogP contribution < -0.4 is 5.43 Å². The number of benzene rings is 2. The van der Waals surface area contributed by atoms with E-state index in [1.54, 1.807) is 18.2 Å². The molecule has 220 valence electrons. The van der Waals surface area contributed by atoms with Gasteiger partial charge >= 0.3 is 12.1 Å². The van der Waals surface area contributed by atoms with Crippen molar-refractivity contribution in [2.75, 3.05) is 11.5 Å². The molecule has 0 fully saturated rings. The molecule has 1 heterocycles. The van der Waals surface area contributed by atoms with Gasteiger partial charge in [-0.2, -0.15) is 22.0 Å². The summed E-state index contributed by atoms with van der Waals surface area (Å²) in [5, 5.41) is 19.8. The molecule has 0 saturated heterocycles. The molecule has 0 amide bonds. The average molecular weight is 589 g/mol. The van der Waals surface area contributed by atoms with Crippen LogP contribution in [0.4, 0.5) is 22.0 Å². The summed E-state index contributed by atoms with van der Waals surface area (Å²) < 4.78 is 80.3. The van der Waals surface area contributed by atoms with Gasteiger partial charge in [-0.1, -0.05) is 32.1 Å². The largest absolute Gasteiger partial charge is 0.508 e. The predicted octanol–water partition coefficient (Wildman–Crippen LogP) is 7.87. The summed E-state index contributed by atoms with van der Waals surface area (Å²) in [5.41, 5.74) is 1.30. The van der Waals surface area contributed by atoms with Crippen molar-refractivity contribution in [2.45, 2.75) is 76.3 Å². The van der Waals surface area contributed by atoms with Crippen LogP contribution in [0.5, 0.6) is 11.5 Å². The maximum Gasteiger partial charge on any atom is 0.453 e. The summed E-state index contributed by atoms with van der Waals surface area (Å²) in [7, 11) is -1.42. The van der Waals surface area contributed by atoms with Gasteiger partial charge in [-0.05, 0) is 68.1 Å². The number of alkyl halides is 5. The van der Waals surface area contributed by atoms with Crippen LogP contribution in [0.3, 0.4) is 0 Å². The van der Waals surface area contributed by atoms with Crippen molar-refractivity contribution >= 4 is 21.8 Å². The average Bonchev–Trinajstić information content (AvgIpc) is 2.88. The molecule has 5 nitrogen and oxygen atoms in total. The number of hydrogen-bond acceptors (Lipinski definition) is 5. The molecule has 0 aliphatic heterocycles. The van der Waals surface area contributed by atoms with Gasteiger partial charge in [0.1, 0.15) is 22.8 Å². The molecule has 0 radical (unpaired) electrons. The number of hydrogen-bond donors (Lipinski definition) is 2. The smallest absolute Gasteiger partial charge is 0.453 e. The number of phenols is 2. The van der Waals surface area contributed by atoms with Gasteiger partial charge in [0.2, 0.25) is 0 Å². The van der Waals surface area contributed by atoms with E-state index in [9.17, 15) is 41.2 Å². The first-order valence-electron chi connectivity index (χ1n) is 13.3. The number of aromatic hydroxyl groups is 2. The summed E-state index contributed by atoms with van der Waals surface area (Å²) >= 11 is 0. The predicted molar refractivity (Wildman–Crippen MR) is 145 cm³/mol. The van der Waals surface area contributed by atoms with Gasteiger partial charge in [-0.15, -0.1) is 0 Å². The summed E-state index contributed by atoms with van der Waals surface area (Å²) in [6.45, 7) is 0. The minimum atomic E-state index is -5.57. The number of unbranched alkanes of at least 4 members (excludes halogenated alkanes) is 6. The number of phenolic OH excluding ortho intramolecular Hbond substituents is 2. The number of halogens is 5. The molecule has 0 saturated carbocycles. The van der Waals surface area contributed by atoms with E-state index in [1.807, 2.05) is 0 Å². The van der Waals surface area contributed by atoms with E-state index in [4.69, 9.17) is 4.42 Å². The van der Waals surface area contributed by atoms with Crippen LogP contribution in [-0.4, -0.2) is 38.0 Å². The lowest BCUT2D eigenvalue weighted by Gasteiger charge is -2.19. The molecule has 2 aromatic carbocycles. The van der Waals surface area contributed by atoms with Crippen LogP contribution in [0.15, 0.2) is 51.7 Å². The molecule has 1 aromatic heterocycles. The van der Waals surface area contributed by atoms with E-state index in [0.717, 1.165) is 38.5 Å². The van der Waals surface area contributed by atoms with Gasteiger partial charge < -0.3 is 14.6 Å². The second-order valence-corrected chi connectivity index (χ2v) is 11.5. The van der Waals surface area contributed by atoms with Gasteiger partial charge in [-0.3, -0.25) is 9.00 Å². The lowest BCUT2D eigenvalue weighted by molar-refractivity contribution is -0.284. The third-order valence-corrected chi connectivity index (χ3v) is 8.16. The summed E-state index contributed by atoms with van der Waals surface area (Å²) in [6.07, 6.45) is -1.22. The van der Waals surface area contributed by atoms with Crippen molar-refractivity contribution in [1.29, 1.82) is 0 Å². The van der Waals surface area contributed by atoms with Crippen LogP contribution >= 0.6 is 0 Å². The Hall–Kier alpha value is -2.95. The molecule has 1 atom stereocenters. The fourth-order valence-corrected chi connectivity index (χ4v) is 5.64. The lowest BCUT2D eigenvalue weighted by Crippen LogP contribution is -2.36. The molecule has 0 aliphatic carbocycles. The van der Waals surface area contributed by atoms with E-state index < -0.39 is 35.7 Å².